The SMILES string of the molecule is COC1(CC(=O)N2CCCC(N)C2)CCC1. The minimum absolute atomic E-state index is 0.154. The summed E-state index contributed by atoms with van der Waals surface area (Å²) in [5.41, 5.74) is 5.73. The molecule has 1 heterocycles. The zero-order chi connectivity index (χ0) is 11.6. The summed E-state index contributed by atoms with van der Waals surface area (Å²) < 4.78 is 5.48. The van der Waals surface area contributed by atoms with E-state index in [1.165, 1.54) is 6.42 Å². The minimum atomic E-state index is -0.154. The molecule has 1 saturated carbocycles. The number of nitrogens with zero attached hydrogens (tertiary/aromatic N) is 1. The Morgan fingerprint density at radius 1 is 1.50 bits per heavy atom. The number of ether oxygens (including phenoxy) is 1. The Bertz CT molecular complexity index is 258. The number of methoxy groups -OCH3 is 1. The smallest absolute Gasteiger partial charge is 0.225 e. The van der Waals surface area contributed by atoms with Gasteiger partial charge in [-0.1, -0.05) is 0 Å². The van der Waals surface area contributed by atoms with Gasteiger partial charge in [0, 0.05) is 26.2 Å². The number of carbonyl (C=O) groups excluding carboxylic acids is 1. The number of rotatable bonds is 3. The topological polar surface area (TPSA) is 55.6 Å². The van der Waals surface area contributed by atoms with Crippen LogP contribution in [0.1, 0.15) is 38.5 Å². The Morgan fingerprint density at radius 3 is 2.75 bits per heavy atom. The molecule has 92 valence electrons. The van der Waals surface area contributed by atoms with Gasteiger partial charge >= 0.3 is 0 Å². The maximum atomic E-state index is 12.1. The van der Waals surface area contributed by atoms with E-state index in [4.69, 9.17) is 10.5 Å². The van der Waals surface area contributed by atoms with Gasteiger partial charge in [0.05, 0.1) is 12.0 Å². The molecule has 2 N–H and O–H groups in total. The fourth-order valence-electron chi connectivity index (χ4n) is 2.65. The highest BCUT2D eigenvalue weighted by atomic mass is 16.5. The third-order valence-electron chi connectivity index (χ3n) is 3.98. The largest absolute Gasteiger partial charge is 0.378 e. The lowest BCUT2D eigenvalue weighted by atomic mass is 9.77. The summed E-state index contributed by atoms with van der Waals surface area (Å²) in [4.78, 5) is 14.0. The van der Waals surface area contributed by atoms with E-state index in [0.29, 0.717) is 6.42 Å². The van der Waals surface area contributed by atoms with E-state index >= 15 is 0 Å². The molecule has 2 rings (SSSR count). The molecule has 0 spiro atoms. The molecule has 0 bridgehead atoms. The van der Waals surface area contributed by atoms with Gasteiger partial charge in [-0.25, -0.2) is 0 Å². The van der Waals surface area contributed by atoms with E-state index < -0.39 is 0 Å². The van der Waals surface area contributed by atoms with Crippen LogP contribution in [0.3, 0.4) is 0 Å². The first-order chi connectivity index (χ1) is 7.65. The van der Waals surface area contributed by atoms with Crippen LogP contribution < -0.4 is 5.73 Å². The van der Waals surface area contributed by atoms with Crippen LogP contribution in [0.15, 0.2) is 0 Å². The fraction of sp³-hybridized carbons (Fsp3) is 0.917. The molecule has 1 aliphatic heterocycles. The van der Waals surface area contributed by atoms with Gasteiger partial charge in [0.2, 0.25) is 5.91 Å². The molecular formula is C12H22N2O2. The summed E-state index contributed by atoms with van der Waals surface area (Å²) in [6.07, 6.45) is 5.84. The molecular weight excluding hydrogens is 204 g/mol. The van der Waals surface area contributed by atoms with Crippen LogP contribution in [0.25, 0.3) is 0 Å². The molecule has 4 heteroatoms. The maximum Gasteiger partial charge on any atom is 0.225 e. The van der Waals surface area contributed by atoms with Crippen molar-refractivity contribution in [2.45, 2.75) is 50.2 Å². The van der Waals surface area contributed by atoms with Gasteiger partial charge in [-0.15, -0.1) is 0 Å². The highest BCUT2D eigenvalue weighted by molar-refractivity contribution is 5.77. The van der Waals surface area contributed by atoms with E-state index in [9.17, 15) is 4.79 Å². The van der Waals surface area contributed by atoms with Crippen LogP contribution in [-0.2, 0) is 9.53 Å². The summed E-state index contributed by atoms with van der Waals surface area (Å²) in [5, 5.41) is 0. The van der Waals surface area contributed by atoms with E-state index in [0.717, 1.165) is 38.8 Å². The number of piperidine rings is 1. The second-order valence-electron chi connectivity index (χ2n) is 5.16. The number of hydrogen-bond acceptors (Lipinski definition) is 3. The van der Waals surface area contributed by atoms with Crippen molar-refractivity contribution >= 4 is 5.91 Å². The lowest BCUT2D eigenvalue weighted by Gasteiger charge is -2.42. The van der Waals surface area contributed by atoms with E-state index in [2.05, 4.69) is 0 Å². The second-order valence-corrected chi connectivity index (χ2v) is 5.16. The number of hydrogen-bond donors (Lipinski definition) is 1. The standard InChI is InChI=1S/C12H22N2O2/c1-16-12(5-3-6-12)8-11(15)14-7-2-4-10(13)9-14/h10H,2-9,13H2,1H3. The van der Waals surface area contributed by atoms with Gasteiger partial charge in [-0.2, -0.15) is 0 Å². The lowest BCUT2D eigenvalue weighted by Crippen LogP contribution is -2.50. The Hall–Kier alpha value is -0.610. The van der Waals surface area contributed by atoms with Crippen molar-refractivity contribution in [3.05, 3.63) is 0 Å². The van der Waals surface area contributed by atoms with E-state index in [1.54, 1.807) is 7.11 Å². The molecule has 2 fully saturated rings. The van der Waals surface area contributed by atoms with Gasteiger partial charge in [-0.3, -0.25) is 4.79 Å². The van der Waals surface area contributed by atoms with E-state index in [-0.39, 0.29) is 17.6 Å². The summed E-state index contributed by atoms with van der Waals surface area (Å²) in [6.45, 7) is 1.59. The summed E-state index contributed by atoms with van der Waals surface area (Å²) in [5.74, 6) is 0.219. The Labute approximate surface area is 97.1 Å². The lowest BCUT2D eigenvalue weighted by molar-refractivity contribution is -0.145. The van der Waals surface area contributed by atoms with Crippen LogP contribution in [0.4, 0.5) is 0 Å². The average Bonchev–Trinajstić information content (AvgIpc) is 2.23. The molecule has 0 aromatic heterocycles. The number of likely N-dealkylation sites (tertiary alicyclic amines) is 1. The van der Waals surface area contributed by atoms with Crippen LogP contribution in [0.5, 0.6) is 0 Å². The second kappa shape index (κ2) is 4.72. The average molecular weight is 226 g/mol. The zero-order valence-corrected chi connectivity index (χ0v) is 10.1. The van der Waals surface area contributed by atoms with Gasteiger partial charge in [0.25, 0.3) is 0 Å². The first kappa shape index (κ1) is 11.9. The highest BCUT2D eigenvalue weighted by Crippen LogP contribution is 2.38. The van der Waals surface area contributed by atoms with Crippen molar-refractivity contribution in [1.82, 2.24) is 4.90 Å². The minimum Gasteiger partial charge on any atom is -0.378 e. The van der Waals surface area contributed by atoms with Crippen molar-refractivity contribution in [2.75, 3.05) is 20.2 Å². The number of carbonyl (C=O) groups is 1. The molecule has 1 amide bonds. The van der Waals surface area contributed by atoms with Gasteiger partial charge < -0.3 is 15.4 Å². The highest BCUT2D eigenvalue weighted by Gasteiger charge is 2.40. The summed E-state index contributed by atoms with van der Waals surface area (Å²) in [7, 11) is 1.72. The van der Waals surface area contributed by atoms with Crippen LogP contribution in [0.2, 0.25) is 0 Å². The Morgan fingerprint density at radius 2 is 2.25 bits per heavy atom. The predicted molar refractivity (Wildman–Crippen MR) is 62.0 cm³/mol. The van der Waals surface area contributed by atoms with Crippen LogP contribution in [0, 0.1) is 0 Å². The normalized spacial score (nSPS) is 28.6. The molecule has 1 unspecified atom stereocenters. The Balaban J connectivity index is 1.87. The van der Waals surface area contributed by atoms with Crippen LogP contribution in [-0.4, -0.2) is 42.6 Å². The molecule has 16 heavy (non-hydrogen) atoms. The molecule has 0 aromatic carbocycles. The maximum absolute atomic E-state index is 12.1. The fourth-order valence-corrected chi connectivity index (χ4v) is 2.65. The molecule has 1 atom stereocenters. The first-order valence-electron chi connectivity index (χ1n) is 6.24. The molecule has 0 aromatic rings. The molecule has 4 nitrogen and oxygen atoms in total. The third-order valence-corrected chi connectivity index (χ3v) is 3.98. The molecule has 0 radical (unpaired) electrons. The quantitative estimate of drug-likeness (QED) is 0.777. The third kappa shape index (κ3) is 2.38. The summed E-state index contributed by atoms with van der Waals surface area (Å²) in [6, 6.07) is 0.164. The van der Waals surface area contributed by atoms with Crippen LogP contribution >= 0.6 is 0 Å². The van der Waals surface area contributed by atoms with Gasteiger partial charge in [0.1, 0.15) is 0 Å². The van der Waals surface area contributed by atoms with E-state index in [1.807, 2.05) is 4.90 Å². The molecule has 2 aliphatic rings. The number of amides is 1. The first-order valence-corrected chi connectivity index (χ1v) is 6.24. The van der Waals surface area contributed by atoms with Crippen molar-refractivity contribution in [2.24, 2.45) is 5.73 Å². The zero-order valence-electron chi connectivity index (χ0n) is 10.1. The van der Waals surface area contributed by atoms with Gasteiger partial charge in [0.15, 0.2) is 0 Å². The number of nitrogens with two attached hydrogens (primary N) is 1. The Kier molecular flexibility index (Phi) is 3.50. The molecule has 1 saturated heterocycles. The predicted octanol–water partition coefficient (Wildman–Crippen LogP) is 0.895. The molecule has 1 aliphatic carbocycles. The monoisotopic (exact) mass is 226 g/mol. The van der Waals surface area contributed by atoms with Gasteiger partial charge in [-0.05, 0) is 32.1 Å². The van der Waals surface area contributed by atoms with Crippen molar-refractivity contribution < 1.29 is 9.53 Å². The summed E-state index contributed by atoms with van der Waals surface area (Å²) >= 11 is 0. The van der Waals surface area contributed by atoms with Crippen molar-refractivity contribution in [1.29, 1.82) is 0 Å². The van der Waals surface area contributed by atoms with Crippen molar-refractivity contribution in [3.63, 3.8) is 0 Å². The van der Waals surface area contributed by atoms with Crippen molar-refractivity contribution in [3.8, 4) is 0 Å².